The molecule has 1 aromatic rings. The van der Waals surface area contributed by atoms with Crippen molar-refractivity contribution in [3.05, 3.63) is 26.8 Å². The maximum absolute atomic E-state index is 9.22. The van der Waals surface area contributed by atoms with Gasteiger partial charge in [0.05, 0.1) is 3.57 Å². The Morgan fingerprint density at radius 1 is 1.30 bits per heavy atom. The van der Waals surface area contributed by atoms with E-state index in [4.69, 9.17) is 0 Å². The van der Waals surface area contributed by atoms with Gasteiger partial charge < -0.3 is 5.11 Å². The van der Waals surface area contributed by atoms with Crippen molar-refractivity contribution in [2.24, 2.45) is 0 Å². The number of aryl methyl sites for hydroxylation is 1. The van der Waals surface area contributed by atoms with Crippen LogP contribution in [-0.2, 0) is 0 Å². The van der Waals surface area contributed by atoms with Crippen molar-refractivity contribution in [1.29, 1.82) is 0 Å². The molecule has 1 rings (SSSR count). The van der Waals surface area contributed by atoms with Crippen molar-refractivity contribution in [2.75, 3.05) is 0 Å². The third-order valence-electron chi connectivity index (χ3n) is 1.64. The van der Waals surface area contributed by atoms with Crippen LogP contribution in [0, 0.1) is 17.4 Å². The van der Waals surface area contributed by atoms with Gasteiger partial charge in [0, 0.05) is 0 Å². The molecular formula is C8H9IO. The molecule has 0 aliphatic rings. The third kappa shape index (κ3) is 1.26. The number of benzene rings is 1. The van der Waals surface area contributed by atoms with Crippen LogP contribution in [0.5, 0.6) is 5.75 Å². The van der Waals surface area contributed by atoms with Gasteiger partial charge in [0.15, 0.2) is 0 Å². The smallest absolute Gasteiger partial charge is 0.129 e. The molecule has 0 saturated carbocycles. The Kier molecular flexibility index (Phi) is 2.18. The summed E-state index contributed by atoms with van der Waals surface area (Å²) in [5, 5.41) is 9.22. The van der Waals surface area contributed by atoms with Crippen LogP contribution >= 0.6 is 22.6 Å². The summed E-state index contributed by atoms with van der Waals surface area (Å²) >= 11 is 2.14. The molecule has 0 unspecified atom stereocenters. The molecule has 0 aliphatic heterocycles. The number of halogens is 1. The molecular weight excluding hydrogens is 239 g/mol. The molecule has 1 nitrogen and oxygen atoms in total. The highest BCUT2D eigenvalue weighted by molar-refractivity contribution is 14.1. The minimum absolute atomic E-state index is 0.378. The van der Waals surface area contributed by atoms with Crippen molar-refractivity contribution >= 4 is 22.6 Å². The molecule has 0 aromatic heterocycles. The maximum atomic E-state index is 9.22. The Bertz CT molecular complexity index is 229. The van der Waals surface area contributed by atoms with Crippen LogP contribution in [0.3, 0.4) is 0 Å². The van der Waals surface area contributed by atoms with Crippen molar-refractivity contribution in [1.82, 2.24) is 0 Å². The highest BCUT2D eigenvalue weighted by atomic mass is 127. The summed E-state index contributed by atoms with van der Waals surface area (Å²) < 4.78 is 0.956. The van der Waals surface area contributed by atoms with E-state index in [0.29, 0.717) is 5.75 Å². The van der Waals surface area contributed by atoms with Crippen LogP contribution in [0.25, 0.3) is 0 Å². The lowest BCUT2D eigenvalue weighted by molar-refractivity contribution is 0.470. The molecule has 0 amide bonds. The molecule has 0 fully saturated rings. The molecule has 10 heavy (non-hydrogen) atoms. The molecule has 0 aliphatic carbocycles. The first-order valence-corrected chi connectivity index (χ1v) is 4.15. The van der Waals surface area contributed by atoms with Gasteiger partial charge in [-0.15, -0.1) is 0 Å². The predicted octanol–water partition coefficient (Wildman–Crippen LogP) is 2.61. The highest BCUT2D eigenvalue weighted by Gasteiger charge is 2.01. The minimum Gasteiger partial charge on any atom is -0.507 e. The normalized spacial score (nSPS) is 9.90. The molecule has 0 heterocycles. The summed E-state index contributed by atoms with van der Waals surface area (Å²) in [7, 11) is 0. The first-order valence-electron chi connectivity index (χ1n) is 3.07. The lowest BCUT2D eigenvalue weighted by Crippen LogP contribution is -1.84. The standard InChI is InChI=1S/C8H9IO/c1-5-3-4-7(10)8(9)6(5)2/h3-4,10H,1-2H3. The van der Waals surface area contributed by atoms with Gasteiger partial charge in [-0.1, -0.05) is 6.07 Å². The summed E-state index contributed by atoms with van der Waals surface area (Å²) in [4.78, 5) is 0. The molecule has 1 aromatic carbocycles. The average Bonchev–Trinajstić information content (AvgIpc) is 1.93. The Morgan fingerprint density at radius 2 is 1.90 bits per heavy atom. The van der Waals surface area contributed by atoms with E-state index >= 15 is 0 Å². The largest absolute Gasteiger partial charge is 0.507 e. The van der Waals surface area contributed by atoms with Crippen molar-refractivity contribution < 1.29 is 5.11 Å². The topological polar surface area (TPSA) is 20.2 Å². The SMILES string of the molecule is Cc1ccc(O)c(I)c1C. The van der Waals surface area contributed by atoms with Gasteiger partial charge >= 0.3 is 0 Å². The van der Waals surface area contributed by atoms with E-state index in [9.17, 15) is 5.11 Å². The number of hydrogen-bond donors (Lipinski definition) is 1. The van der Waals surface area contributed by atoms with Crippen molar-refractivity contribution in [2.45, 2.75) is 13.8 Å². The Labute approximate surface area is 74.2 Å². The number of aromatic hydroxyl groups is 1. The van der Waals surface area contributed by atoms with Crippen LogP contribution in [-0.4, -0.2) is 5.11 Å². The van der Waals surface area contributed by atoms with Crippen molar-refractivity contribution in [3.8, 4) is 5.75 Å². The van der Waals surface area contributed by atoms with Crippen LogP contribution < -0.4 is 0 Å². The van der Waals surface area contributed by atoms with Crippen LogP contribution in [0.1, 0.15) is 11.1 Å². The second-order valence-electron chi connectivity index (χ2n) is 2.34. The molecule has 0 saturated heterocycles. The average molecular weight is 248 g/mol. The summed E-state index contributed by atoms with van der Waals surface area (Å²) in [5.41, 5.74) is 2.39. The molecule has 1 N–H and O–H groups in total. The zero-order valence-corrected chi connectivity index (χ0v) is 8.14. The van der Waals surface area contributed by atoms with E-state index in [0.717, 1.165) is 3.57 Å². The number of hydrogen-bond acceptors (Lipinski definition) is 1. The van der Waals surface area contributed by atoms with E-state index in [1.807, 2.05) is 19.9 Å². The van der Waals surface area contributed by atoms with Crippen LogP contribution in [0.15, 0.2) is 12.1 Å². The first kappa shape index (κ1) is 7.85. The van der Waals surface area contributed by atoms with E-state index in [1.165, 1.54) is 11.1 Å². The molecule has 2 heteroatoms. The molecule has 0 bridgehead atoms. The highest BCUT2D eigenvalue weighted by Crippen LogP contribution is 2.24. The van der Waals surface area contributed by atoms with Gasteiger partial charge in [-0.05, 0) is 53.6 Å². The monoisotopic (exact) mass is 248 g/mol. The Morgan fingerprint density at radius 3 is 2.40 bits per heavy atom. The van der Waals surface area contributed by atoms with E-state index < -0.39 is 0 Å². The fourth-order valence-corrected chi connectivity index (χ4v) is 1.37. The quantitative estimate of drug-likeness (QED) is 0.699. The summed E-state index contributed by atoms with van der Waals surface area (Å²) in [6, 6.07) is 3.65. The first-order chi connectivity index (χ1) is 4.63. The minimum atomic E-state index is 0.378. The van der Waals surface area contributed by atoms with Gasteiger partial charge in [0.2, 0.25) is 0 Å². The van der Waals surface area contributed by atoms with Gasteiger partial charge in [-0.2, -0.15) is 0 Å². The maximum Gasteiger partial charge on any atom is 0.129 e. The van der Waals surface area contributed by atoms with E-state index in [2.05, 4.69) is 22.6 Å². The van der Waals surface area contributed by atoms with Crippen molar-refractivity contribution in [3.63, 3.8) is 0 Å². The van der Waals surface area contributed by atoms with Gasteiger partial charge in [-0.25, -0.2) is 0 Å². The predicted molar refractivity (Wildman–Crippen MR) is 50.3 cm³/mol. The molecule has 0 atom stereocenters. The fourth-order valence-electron chi connectivity index (χ4n) is 0.767. The third-order valence-corrected chi connectivity index (χ3v) is 3.00. The lowest BCUT2D eigenvalue weighted by Gasteiger charge is -2.03. The lowest BCUT2D eigenvalue weighted by atomic mass is 10.1. The zero-order chi connectivity index (χ0) is 7.72. The number of phenolic OH excluding ortho intramolecular Hbond substituents is 1. The Balaban J connectivity index is 3.34. The van der Waals surface area contributed by atoms with Gasteiger partial charge in [0.25, 0.3) is 0 Å². The van der Waals surface area contributed by atoms with E-state index in [-0.39, 0.29) is 0 Å². The van der Waals surface area contributed by atoms with E-state index in [1.54, 1.807) is 6.07 Å². The number of phenols is 1. The number of rotatable bonds is 0. The van der Waals surface area contributed by atoms with Gasteiger partial charge in [0.1, 0.15) is 5.75 Å². The van der Waals surface area contributed by atoms with Crippen LogP contribution in [0.2, 0.25) is 0 Å². The van der Waals surface area contributed by atoms with Crippen LogP contribution in [0.4, 0.5) is 0 Å². The van der Waals surface area contributed by atoms with Gasteiger partial charge in [-0.3, -0.25) is 0 Å². The zero-order valence-electron chi connectivity index (χ0n) is 5.98. The molecule has 0 spiro atoms. The molecule has 54 valence electrons. The Hall–Kier alpha value is -0.250. The molecule has 0 radical (unpaired) electrons. The summed E-state index contributed by atoms with van der Waals surface area (Å²) in [5.74, 6) is 0.378. The fraction of sp³-hybridized carbons (Fsp3) is 0.250. The summed E-state index contributed by atoms with van der Waals surface area (Å²) in [6.45, 7) is 4.05. The summed E-state index contributed by atoms with van der Waals surface area (Å²) in [6.07, 6.45) is 0. The second kappa shape index (κ2) is 2.78. The second-order valence-corrected chi connectivity index (χ2v) is 3.42.